The zero-order valence-electron chi connectivity index (χ0n) is 11.1. The molecule has 0 radical (unpaired) electrons. The van der Waals surface area contributed by atoms with Crippen molar-refractivity contribution in [2.24, 2.45) is 5.41 Å². The third-order valence-electron chi connectivity index (χ3n) is 3.83. The molecular weight excluding hydrogens is 303 g/mol. The number of carboxylic acids is 1. The molecule has 1 saturated carbocycles. The third-order valence-corrected chi connectivity index (χ3v) is 4.12. The van der Waals surface area contributed by atoms with E-state index in [1.54, 1.807) is 0 Å². The average molecular weight is 317 g/mol. The van der Waals surface area contributed by atoms with Gasteiger partial charge in [0.05, 0.1) is 22.4 Å². The van der Waals surface area contributed by atoms with E-state index in [2.05, 4.69) is 5.32 Å². The Morgan fingerprint density at radius 3 is 2.67 bits per heavy atom. The van der Waals surface area contributed by atoms with Crippen LogP contribution in [0.15, 0.2) is 12.1 Å². The van der Waals surface area contributed by atoms with Gasteiger partial charge < -0.3 is 10.4 Å². The molecule has 1 aromatic rings. The van der Waals surface area contributed by atoms with Gasteiger partial charge in [0.1, 0.15) is 11.5 Å². The van der Waals surface area contributed by atoms with Gasteiger partial charge in [0, 0.05) is 6.54 Å². The van der Waals surface area contributed by atoms with Crippen molar-refractivity contribution in [1.29, 1.82) is 0 Å². The average Bonchev–Trinajstić information content (AvgIpc) is 2.35. The maximum absolute atomic E-state index is 13.3. The van der Waals surface area contributed by atoms with E-state index in [1.165, 1.54) is 0 Å². The van der Waals surface area contributed by atoms with Gasteiger partial charge in [-0.15, -0.1) is 0 Å². The van der Waals surface area contributed by atoms with Gasteiger partial charge in [0.15, 0.2) is 0 Å². The monoisotopic (exact) mass is 316 g/mol. The van der Waals surface area contributed by atoms with E-state index in [9.17, 15) is 19.3 Å². The van der Waals surface area contributed by atoms with E-state index in [0.29, 0.717) is 0 Å². The summed E-state index contributed by atoms with van der Waals surface area (Å²) >= 11 is 5.64. The van der Waals surface area contributed by atoms with Gasteiger partial charge in [0.25, 0.3) is 5.69 Å². The van der Waals surface area contributed by atoms with Gasteiger partial charge in [-0.25, -0.2) is 4.39 Å². The Bertz CT molecular complexity index is 590. The first-order valence-corrected chi connectivity index (χ1v) is 6.80. The van der Waals surface area contributed by atoms with Crippen LogP contribution in [0, 0.1) is 21.3 Å². The minimum atomic E-state index is -0.900. The Balaban J connectivity index is 2.17. The molecule has 21 heavy (non-hydrogen) atoms. The number of nitro benzene ring substituents is 1. The van der Waals surface area contributed by atoms with Gasteiger partial charge >= 0.3 is 5.97 Å². The number of nitro groups is 1. The summed E-state index contributed by atoms with van der Waals surface area (Å²) in [6.07, 6.45) is 2.42. The molecule has 8 heteroatoms. The Morgan fingerprint density at radius 1 is 1.52 bits per heavy atom. The lowest BCUT2D eigenvalue weighted by atomic mass is 9.66. The minimum absolute atomic E-state index is 0.00270. The zero-order valence-corrected chi connectivity index (χ0v) is 11.8. The van der Waals surface area contributed by atoms with Crippen molar-refractivity contribution in [2.45, 2.75) is 25.7 Å². The molecule has 6 nitrogen and oxygen atoms in total. The maximum Gasteiger partial charge on any atom is 0.303 e. The molecule has 1 aliphatic rings. The Hall–Kier alpha value is -1.89. The van der Waals surface area contributed by atoms with E-state index < -0.39 is 27.8 Å². The Morgan fingerprint density at radius 2 is 2.19 bits per heavy atom. The first-order chi connectivity index (χ1) is 9.83. The number of carbonyl (C=O) groups is 1. The molecule has 2 rings (SSSR count). The molecule has 0 heterocycles. The number of benzene rings is 1. The second-order valence-electron chi connectivity index (χ2n) is 5.32. The quantitative estimate of drug-likeness (QED) is 0.619. The van der Waals surface area contributed by atoms with Gasteiger partial charge in [-0.2, -0.15) is 0 Å². The number of nitrogens with one attached hydrogen (secondary N) is 1. The highest BCUT2D eigenvalue weighted by Gasteiger charge is 2.39. The summed E-state index contributed by atoms with van der Waals surface area (Å²) in [5, 5.41) is 22.5. The number of anilines is 1. The Kier molecular flexibility index (Phi) is 4.32. The van der Waals surface area contributed by atoms with Gasteiger partial charge in [0.2, 0.25) is 0 Å². The van der Waals surface area contributed by atoms with Crippen LogP contribution in [0.25, 0.3) is 0 Å². The fourth-order valence-corrected chi connectivity index (χ4v) is 2.69. The van der Waals surface area contributed by atoms with Crippen LogP contribution in [-0.4, -0.2) is 22.5 Å². The van der Waals surface area contributed by atoms with E-state index in [0.717, 1.165) is 31.4 Å². The molecule has 0 amide bonds. The molecule has 0 aliphatic heterocycles. The molecule has 2 N–H and O–H groups in total. The summed E-state index contributed by atoms with van der Waals surface area (Å²) in [5.41, 5.74) is -0.717. The first kappa shape index (κ1) is 15.5. The van der Waals surface area contributed by atoms with Crippen molar-refractivity contribution < 1.29 is 19.2 Å². The lowest BCUT2D eigenvalue weighted by Gasteiger charge is -2.41. The molecule has 0 aromatic heterocycles. The number of hydrogen-bond donors (Lipinski definition) is 2. The van der Waals surface area contributed by atoms with Crippen molar-refractivity contribution in [2.75, 3.05) is 11.9 Å². The number of rotatable bonds is 6. The number of nitrogens with zero attached hydrogens (tertiary/aromatic N) is 1. The highest BCUT2D eigenvalue weighted by molar-refractivity contribution is 6.31. The lowest BCUT2D eigenvalue weighted by Crippen LogP contribution is -2.38. The molecule has 0 unspecified atom stereocenters. The van der Waals surface area contributed by atoms with Crippen LogP contribution in [0.3, 0.4) is 0 Å². The van der Waals surface area contributed by atoms with E-state index >= 15 is 0 Å². The van der Waals surface area contributed by atoms with Crippen LogP contribution in [-0.2, 0) is 4.79 Å². The molecular formula is C13H14ClFN2O4. The predicted octanol–water partition coefficient (Wildman–Crippen LogP) is 3.44. The van der Waals surface area contributed by atoms with Crippen LogP contribution in [0.2, 0.25) is 5.02 Å². The molecule has 114 valence electrons. The number of halogens is 2. The van der Waals surface area contributed by atoms with Gasteiger partial charge in [-0.05, 0) is 24.3 Å². The summed E-state index contributed by atoms with van der Waals surface area (Å²) in [6, 6.07) is 1.91. The van der Waals surface area contributed by atoms with Crippen LogP contribution in [0.4, 0.5) is 15.8 Å². The van der Waals surface area contributed by atoms with E-state index in [-0.39, 0.29) is 23.7 Å². The summed E-state index contributed by atoms with van der Waals surface area (Å²) in [7, 11) is 0. The number of carboxylic acid groups (broad SMARTS) is 1. The molecule has 0 saturated heterocycles. The first-order valence-electron chi connectivity index (χ1n) is 6.42. The van der Waals surface area contributed by atoms with Crippen molar-refractivity contribution in [3.05, 3.63) is 33.1 Å². The van der Waals surface area contributed by atoms with Gasteiger partial charge in [-0.1, -0.05) is 18.0 Å². The highest BCUT2D eigenvalue weighted by atomic mass is 35.5. The van der Waals surface area contributed by atoms with Crippen LogP contribution >= 0.6 is 11.6 Å². The second kappa shape index (κ2) is 5.85. The summed E-state index contributed by atoms with van der Waals surface area (Å²) in [5.74, 6) is -1.76. The van der Waals surface area contributed by atoms with Crippen molar-refractivity contribution in [3.63, 3.8) is 0 Å². The minimum Gasteiger partial charge on any atom is -0.481 e. The van der Waals surface area contributed by atoms with Crippen LogP contribution < -0.4 is 5.32 Å². The SMILES string of the molecule is O=C(O)CC1(CNc2cc(Cl)c(F)cc2[N+](=O)[O-])CCC1. The van der Waals surface area contributed by atoms with Crippen LogP contribution in [0.5, 0.6) is 0 Å². The summed E-state index contributed by atoms with van der Waals surface area (Å²) in [4.78, 5) is 21.1. The fourth-order valence-electron chi connectivity index (χ4n) is 2.53. The molecule has 0 atom stereocenters. The number of aliphatic carboxylic acids is 1. The second-order valence-corrected chi connectivity index (χ2v) is 5.73. The van der Waals surface area contributed by atoms with Gasteiger partial charge in [-0.3, -0.25) is 14.9 Å². The fraction of sp³-hybridized carbons (Fsp3) is 0.462. The predicted molar refractivity (Wildman–Crippen MR) is 75.1 cm³/mol. The zero-order chi connectivity index (χ0) is 15.6. The molecule has 1 aliphatic carbocycles. The molecule has 0 bridgehead atoms. The van der Waals surface area contributed by atoms with Crippen molar-refractivity contribution in [1.82, 2.24) is 0 Å². The lowest BCUT2D eigenvalue weighted by molar-refractivity contribution is -0.384. The smallest absolute Gasteiger partial charge is 0.303 e. The Labute approximate surface area is 125 Å². The number of hydrogen-bond acceptors (Lipinski definition) is 4. The topological polar surface area (TPSA) is 92.5 Å². The molecule has 1 aromatic carbocycles. The van der Waals surface area contributed by atoms with E-state index in [4.69, 9.17) is 16.7 Å². The standard InChI is InChI=1S/C13H14ClFN2O4/c14-8-4-10(11(17(20)21)5-9(8)15)16-7-13(2-1-3-13)6-12(18)19/h4-5,16H,1-3,6-7H2,(H,18,19). The van der Waals surface area contributed by atoms with E-state index in [1.807, 2.05) is 0 Å². The summed E-state index contributed by atoms with van der Waals surface area (Å²) in [6.45, 7) is 0.280. The molecule has 1 fully saturated rings. The largest absolute Gasteiger partial charge is 0.481 e. The van der Waals surface area contributed by atoms with Crippen LogP contribution in [0.1, 0.15) is 25.7 Å². The third kappa shape index (κ3) is 3.41. The highest BCUT2D eigenvalue weighted by Crippen LogP contribution is 2.44. The van der Waals surface area contributed by atoms with Crippen molar-refractivity contribution >= 4 is 28.9 Å². The maximum atomic E-state index is 13.3. The normalized spacial score (nSPS) is 16.1. The summed E-state index contributed by atoms with van der Waals surface area (Å²) < 4.78 is 13.3. The molecule has 0 spiro atoms. The van der Waals surface area contributed by atoms with Crippen molar-refractivity contribution in [3.8, 4) is 0 Å².